The van der Waals surface area contributed by atoms with Crippen molar-refractivity contribution >= 4 is 11.8 Å². The van der Waals surface area contributed by atoms with Crippen LogP contribution in [0.1, 0.15) is 11.1 Å². The van der Waals surface area contributed by atoms with Crippen molar-refractivity contribution in [3.8, 4) is 0 Å². The predicted molar refractivity (Wildman–Crippen MR) is 93.0 cm³/mol. The van der Waals surface area contributed by atoms with Gasteiger partial charge in [0.15, 0.2) is 5.60 Å². The SMILES string of the molecule is OC(Cn1cncn1)(c1ccc(F)cc1F)C(F)(F)SCc1ccccc1. The largest absolute Gasteiger partial charge is 0.376 e. The van der Waals surface area contributed by atoms with E-state index < -0.39 is 34.6 Å². The maximum Gasteiger partial charge on any atom is 0.328 e. The number of rotatable bonds is 7. The second kappa shape index (κ2) is 7.69. The van der Waals surface area contributed by atoms with Crippen molar-refractivity contribution in [2.24, 2.45) is 0 Å². The lowest BCUT2D eigenvalue weighted by Crippen LogP contribution is -2.47. The van der Waals surface area contributed by atoms with E-state index in [0.29, 0.717) is 11.6 Å². The zero-order valence-corrected chi connectivity index (χ0v) is 14.7. The fraction of sp³-hybridized carbons (Fsp3) is 0.222. The second-order valence-electron chi connectivity index (χ2n) is 5.87. The van der Waals surface area contributed by atoms with Crippen molar-refractivity contribution in [2.45, 2.75) is 23.2 Å². The Labute approximate surface area is 156 Å². The van der Waals surface area contributed by atoms with E-state index in [2.05, 4.69) is 10.1 Å². The molecule has 0 aliphatic rings. The molecule has 3 rings (SSSR count). The number of nitrogens with zero attached hydrogens (tertiary/aromatic N) is 3. The lowest BCUT2D eigenvalue weighted by Gasteiger charge is -2.35. The van der Waals surface area contributed by atoms with Crippen LogP contribution in [0.3, 0.4) is 0 Å². The minimum Gasteiger partial charge on any atom is -0.376 e. The van der Waals surface area contributed by atoms with Gasteiger partial charge in [-0.3, -0.25) is 0 Å². The highest BCUT2D eigenvalue weighted by atomic mass is 32.2. The molecule has 0 aliphatic heterocycles. The van der Waals surface area contributed by atoms with Crippen molar-refractivity contribution in [1.29, 1.82) is 0 Å². The molecule has 0 saturated carbocycles. The molecular weight excluding hydrogens is 382 g/mol. The summed E-state index contributed by atoms with van der Waals surface area (Å²) in [5.41, 5.74) is -3.08. The van der Waals surface area contributed by atoms with E-state index in [1.54, 1.807) is 30.3 Å². The molecule has 0 aliphatic carbocycles. The van der Waals surface area contributed by atoms with Gasteiger partial charge in [0.2, 0.25) is 0 Å². The lowest BCUT2D eigenvalue weighted by atomic mass is 9.93. The van der Waals surface area contributed by atoms with Crippen LogP contribution in [0.15, 0.2) is 61.2 Å². The Morgan fingerprint density at radius 2 is 1.81 bits per heavy atom. The highest BCUT2D eigenvalue weighted by Crippen LogP contribution is 2.48. The Morgan fingerprint density at radius 1 is 1.07 bits per heavy atom. The Bertz CT molecular complexity index is 893. The van der Waals surface area contributed by atoms with Crippen molar-refractivity contribution < 1.29 is 22.7 Å². The molecule has 0 amide bonds. The number of aliphatic hydroxyl groups is 1. The molecule has 0 spiro atoms. The van der Waals surface area contributed by atoms with Gasteiger partial charge in [-0.05, 0) is 17.7 Å². The summed E-state index contributed by atoms with van der Waals surface area (Å²) < 4.78 is 58.7. The first-order chi connectivity index (χ1) is 12.8. The van der Waals surface area contributed by atoms with E-state index >= 15 is 8.78 Å². The Morgan fingerprint density at radius 3 is 2.44 bits per heavy atom. The normalized spacial score (nSPS) is 14.1. The number of hydrogen-bond acceptors (Lipinski definition) is 4. The number of benzene rings is 2. The molecule has 0 fully saturated rings. The van der Waals surface area contributed by atoms with E-state index in [0.717, 1.165) is 29.5 Å². The van der Waals surface area contributed by atoms with Gasteiger partial charge in [-0.2, -0.15) is 13.9 Å². The summed E-state index contributed by atoms with van der Waals surface area (Å²) in [7, 11) is 0. The standard InChI is InChI=1S/C18H15F4N3OS/c19-14-6-7-15(16(20)8-14)17(26,10-25-12-23-11-24-25)18(21,22)27-9-13-4-2-1-3-5-13/h1-8,11-12,26H,9-10H2. The van der Waals surface area contributed by atoms with Crippen LogP contribution in [-0.2, 0) is 17.9 Å². The van der Waals surface area contributed by atoms with Gasteiger partial charge in [0.25, 0.3) is 0 Å². The zero-order valence-electron chi connectivity index (χ0n) is 13.9. The van der Waals surface area contributed by atoms with Crippen LogP contribution in [0.4, 0.5) is 17.6 Å². The van der Waals surface area contributed by atoms with Gasteiger partial charge in [-0.15, -0.1) is 0 Å². The molecule has 0 bridgehead atoms. The molecule has 4 nitrogen and oxygen atoms in total. The summed E-state index contributed by atoms with van der Waals surface area (Å²) in [5, 5.41) is 10.8. The van der Waals surface area contributed by atoms with Crippen LogP contribution in [0.5, 0.6) is 0 Å². The molecule has 1 atom stereocenters. The second-order valence-corrected chi connectivity index (χ2v) is 6.96. The van der Waals surface area contributed by atoms with Crippen molar-refractivity contribution in [3.05, 3.63) is 83.9 Å². The third-order valence-electron chi connectivity index (χ3n) is 3.98. The molecule has 1 N–H and O–H groups in total. The van der Waals surface area contributed by atoms with Crippen molar-refractivity contribution in [2.75, 3.05) is 0 Å². The Balaban J connectivity index is 1.97. The highest BCUT2D eigenvalue weighted by molar-refractivity contribution is 7.99. The minimum atomic E-state index is -3.81. The topological polar surface area (TPSA) is 50.9 Å². The van der Waals surface area contributed by atoms with E-state index in [1.165, 1.54) is 0 Å². The van der Waals surface area contributed by atoms with Crippen molar-refractivity contribution in [1.82, 2.24) is 14.8 Å². The smallest absolute Gasteiger partial charge is 0.328 e. The van der Waals surface area contributed by atoms with Crippen LogP contribution in [0, 0.1) is 11.6 Å². The van der Waals surface area contributed by atoms with Gasteiger partial charge < -0.3 is 5.11 Å². The molecule has 1 unspecified atom stereocenters. The molecule has 0 saturated heterocycles. The molecule has 1 heterocycles. The quantitative estimate of drug-likeness (QED) is 0.613. The van der Waals surface area contributed by atoms with Crippen LogP contribution < -0.4 is 0 Å². The first kappa shape index (κ1) is 19.4. The summed E-state index contributed by atoms with van der Waals surface area (Å²) in [4.78, 5) is 3.65. The highest BCUT2D eigenvalue weighted by Gasteiger charge is 2.56. The van der Waals surface area contributed by atoms with Crippen LogP contribution >= 0.6 is 11.8 Å². The average molecular weight is 397 g/mol. The molecule has 142 valence electrons. The van der Waals surface area contributed by atoms with Crippen molar-refractivity contribution in [3.63, 3.8) is 0 Å². The minimum absolute atomic E-state index is 0.115. The molecule has 2 aromatic carbocycles. The maximum absolute atomic E-state index is 15.1. The van der Waals surface area contributed by atoms with E-state index in [4.69, 9.17) is 0 Å². The fourth-order valence-corrected chi connectivity index (χ4v) is 3.53. The van der Waals surface area contributed by atoms with Gasteiger partial charge in [0, 0.05) is 17.4 Å². The number of halogens is 4. The monoisotopic (exact) mass is 397 g/mol. The number of hydrogen-bond donors (Lipinski definition) is 1. The van der Waals surface area contributed by atoms with E-state index in [-0.39, 0.29) is 17.5 Å². The predicted octanol–water partition coefficient (Wildman–Crippen LogP) is 3.97. The fourth-order valence-electron chi connectivity index (χ4n) is 2.58. The number of thioether (sulfide) groups is 1. The number of alkyl halides is 2. The van der Waals surface area contributed by atoms with Gasteiger partial charge in [-0.1, -0.05) is 42.1 Å². The maximum atomic E-state index is 15.1. The molecule has 0 radical (unpaired) electrons. The first-order valence-corrected chi connectivity index (χ1v) is 8.86. The first-order valence-electron chi connectivity index (χ1n) is 7.88. The summed E-state index contributed by atoms with van der Waals surface area (Å²) in [6.07, 6.45) is 2.24. The van der Waals surface area contributed by atoms with E-state index in [9.17, 15) is 13.9 Å². The summed E-state index contributed by atoms with van der Waals surface area (Å²) in [5.74, 6) is -2.31. The Kier molecular flexibility index (Phi) is 5.52. The van der Waals surface area contributed by atoms with Gasteiger partial charge in [0.1, 0.15) is 24.3 Å². The van der Waals surface area contributed by atoms with Crippen LogP contribution in [0.2, 0.25) is 0 Å². The summed E-state index contributed by atoms with van der Waals surface area (Å²) in [6, 6.07) is 10.6. The molecule has 9 heteroatoms. The third-order valence-corrected chi connectivity index (χ3v) is 5.16. The lowest BCUT2D eigenvalue weighted by molar-refractivity contribution is -0.139. The van der Waals surface area contributed by atoms with Gasteiger partial charge in [-0.25, -0.2) is 18.4 Å². The van der Waals surface area contributed by atoms with E-state index in [1.807, 2.05) is 0 Å². The molecule has 1 aromatic heterocycles. The molecule has 3 aromatic rings. The molecular formula is C18H15F4N3OS. The average Bonchev–Trinajstić information content (AvgIpc) is 3.13. The Hall–Kier alpha value is -2.39. The van der Waals surface area contributed by atoms with Crippen LogP contribution in [0.25, 0.3) is 0 Å². The van der Waals surface area contributed by atoms with Crippen LogP contribution in [-0.4, -0.2) is 25.1 Å². The zero-order chi connectivity index (χ0) is 19.5. The summed E-state index contributed by atoms with van der Waals surface area (Å²) >= 11 is 0.163. The third kappa shape index (κ3) is 4.14. The summed E-state index contributed by atoms with van der Waals surface area (Å²) in [6.45, 7) is -0.760. The van der Waals surface area contributed by atoms with Gasteiger partial charge >= 0.3 is 5.25 Å². The number of aromatic nitrogens is 3. The van der Waals surface area contributed by atoms with Gasteiger partial charge in [0.05, 0.1) is 6.54 Å². The molecule has 27 heavy (non-hydrogen) atoms.